The van der Waals surface area contributed by atoms with Gasteiger partial charge in [0.15, 0.2) is 0 Å². The van der Waals surface area contributed by atoms with E-state index in [1.165, 1.54) is 12.1 Å². The lowest BCUT2D eigenvalue weighted by Crippen LogP contribution is -2.43. The Morgan fingerprint density at radius 2 is 1.82 bits per heavy atom. The van der Waals surface area contributed by atoms with Gasteiger partial charge in [0.2, 0.25) is 10.0 Å². The first-order valence-corrected chi connectivity index (χ1v) is 8.11. The summed E-state index contributed by atoms with van der Waals surface area (Å²) < 4.78 is 26.8. The quantitative estimate of drug-likeness (QED) is 0.837. The van der Waals surface area contributed by atoms with E-state index in [9.17, 15) is 8.42 Å². The van der Waals surface area contributed by atoms with E-state index in [0.717, 1.165) is 5.33 Å². The van der Waals surface area contributed by atoms with Crippen molar-refractivity contribution in [2.24, 2.45) is 0 Å². The maximum Gasteiger partial charge on any atom is 0.241 e. The molecule has 0 saturated carbocycles. The second kappa shape index (κ2) is 5.69. The second-order valence-corrected chi connectivity index (χ2v) is 7.29. The topological polar surface area (TPSA) is 46.2 Å². The van der Waals surface area contributed by atoms with Gasteiger partial charge in [0, 0.05) is 15.9 Å². The Kier molecular flexibility index (Phi) is 5.01. The summed E-state index contributed by atoms with van der Waals surface area (Å²) in [7, 11) is -3.49. The number of halogens is 2. The third kappa shape index (κ3) is 4.58. The highest BCUT2D eigenvalue weighted by Gasteiger charge is 2.25. The van der Waals surface area contributed by atoms with Crippen LogP contribution in [-0.4, -0.2) is 19.3 Å². The van der Waals surface area contributed by atoms with E-state index >= 15 is 0 Å². The highest BCUT2D eigenvalue weighted by atomic mass is 79.9. The lowest BCUT2D eigenvalue weighted by molar-refractivity contribution is 0.443. The molecule has 0 radical (unpaired) electrons. The summed E-state index contributed by atoms with van der Waals surface area (Å²) in [5, 5.41) is 1.26. The van der Waals surface area contributed by atoms with Gasteiger partial charge in [-0.05, 0) is 44.5 Å². The molecule has 3 nitrogen and oxygen atoms in total. The minimum atomic E-state index is -3.49. The Hall–Kier alpha value is -0.100. The number of alkyl halides is 1. The summed E-state index contributed by atoms with van der Waals surface area (Å²) in [6, 6.07) is 6.12. The molecule has 6 heteroatoms. The number of sulfonamides is 1. The van der Waals surface area contributed by atoms with E-state index in [1.807, 2.05) is 13.8 Å². The molecule has 0 fully saturated rings. The number of hydrogen-bond acceptors (Lipinski definition) is 2. The highest BCUT2D eigenvalue weighted by Crippen LogP contribution is 2.18. The summed E-state index contributed by atoms with van der Waals surface area (Å²) in [5.74, 6) is 0. The first-order chi connectivity index (χ1) is 7.77. The number of nitrogens with one attached hydrogen (secondary N) is 1. The predicted molar refractivity (Wildman–Crippen MR) is 74.3 cm³/mol. The molecule has 17 heavy (non-hydrogen) atoms. The predicted octanol–water partition coefficient (Wildman–Crippen LogP) is 3.18. The Labute approximate surface area is 116 Å². The molecular weight excluding hydrogens is 326 g/mol. The van der Waals surface area contributed by atoms with Crippen LogP contribution in [0.25, 0.3) is 0 Å². The molecule has 0 bridgehead atoms. The fourth-order valence-corrected chi connectivity index (χ4v) is 3.88. The van der Waals surface area contributed by atoms with Crippen LogP contribution in [0.4, 0.5) is 0 Å². The van der Waals surface area contributed by atoms with Gasteiger partial charge in [0.05, 0.1) is 4.90 Å². The molecule has 0 saturated heterocycles. The molecule has 0 amide bonds. The van der Waals surface area contributed by atoms with Gasteiger partial charge in [0.25, 0.3) is 0 Å². The minimum absolute atomic E-state index is 0.226. The van der Waals surface area contributed by atoms with Gasteiger partial charge in [-0.25, -0.2) is 13.1 Å². The largest absolute Gasteiger partial charge is 0.241 e. The summed E-state index contributed by atoms with van der Waals surface area (Å²) in [6.07, 6.45) is 0.708. The van der Waals surface area contributed by atoms with E-state index in [0.29, 0.717) is 11.4 Å². The first-order valence-electron chi connectivity index (χ1n) is 5.12. The zero-order valence-electron chi connectivity index (χ0n) is 9.70. The van der Waals surface area contributed by atoms with Crippen LogP contribution in [0.5, 0.6) is 0 Å². The van der Waals surface area contributed by atoms with Crippen LogP contribution in [0.1, 0.15) is 20.3 Å². The number of benzene rings is 1. The molecule has 1 N–H and O–H groups in total. The molecule has 0 unspecified atom stereocenters. The van der Waals surface area contributed by atoms with Gasteiger partial charge in [-0.2, -0.15) is 0 Å². The van der Waals surface area contributed by atoms with E-state index in [-0.39, 0.29) is 4.90 Å². The molecule has 0 spiro atoms. The average molecular weight is 341 g/mol. The molecule has 1 aromatic rings. The Morgan fingerprint density at radius 1 is 1.29 bits per heavy atom. The molecule has 0 aliphatic heterocycles. The fraction of sp³-hybridized carbons (Fsp3) is 0.455. The van der Waals surface area contributed by atoms with Crippen LogP contribution in [0.3, 0.4) is 0 Å². The van der Waals surface area contributed by atoms with Crippen molar-refractivity contribution in [2.75, 3.05) is 5.33 Å². The maximum atomic E-state index is 12.1. The number of rotatable bonds is 5. The van der Waals surface area contributed by atoms with Crippen molar-refractivity contribution < 1.29 is 8.42 Å². The molecule has 0 aliphatic carbocycles. The molecular formula is C11H15BrClNO2S. The molecule has 1 rings (SSSR count). The van der Waals surface area contributed by atoms with Crippen molar-refractivity contribution in [3.05, 3.63) is 29.3 Å². The van der Waals surface area contributed by atoms with Crippen LogP contribution in [-0.2, 0) is 10.0 Å². The van der Waals surface area contributed by atoms with Gasteiger partial charge < -0.3 is 0 Å². The SMILES string of the molecule is CC(C)(CCBr)NS(=O)(=O)c1ccc(Cl)cc1. The maximum absolute atomic E-state index is 12.1. The van der Waals surface area contributed by atoms with Crippen LogP contribution in [0.2, 0.25) is 5.02 Å². The van der Waals surface area contributed by atoms with Crippen LogP contribution >= 0.6 is 27.5 Å². The zero-order valence-corrected chi connectivity index (χ0v) is 12.9. The van der Waals surface area contributed by atoms with Crippen molar-refractivity contribution in [3.8, 4) is 0 Å². The smallest absolute Gasteiger partial charge is 0.207 e. The monoisotopic (exact) mass is 339 g/mol. The molecule has 1 aromatic carbocycles. The van der Waals surface area contributed by atoms with Gasteiger partial charge in [-0.1, -0.05) is 27.5 Å². The lowest BCUT2D eigenvalue weighted by Gasteiger charge is -2.25. The lowest BCUT2D eigenvalue weighted by atomic mass is 10.0. The molecule has 0 atom stereocenters. The standard InChI is InChI=1S/C11H15BrClNO2S/c1-11(2,7-8-12)14-17(15,16)10-5-3-9(13)4-6-10/h3-6,14H,7-8H2,1-2H3. The first kappa shape index (κ1) is 15.0. The van der Waals surface area contributed by atoms with Crippen LogP contribution < -0.4 is 4.72 Å². The van der Waals surface area contributed by atoms with Crippen molar-refractivity contribution in [3.63, 3.8) is 0 Å². The van der Waals surface area contributed by atoms with Gasteiger partial charge in [-0.3, -0.25) is 0 Å². The second-order valence-electron chi connectivity index (χ2n) is 4.38. The minimum Gasteiger partial charge on any atom is -0.207 e. The van der Waals surface area contributed by atoms with Crippen molar-refractivity contribution in [1.82, 2.24) is 4.72 Å². The molecule has 96 valence electrons. The Balaban J connectivity index is 2.93. The highest BCUT2D eigenvalue weighted by molar-refractivity contribution is 9.09. The third-order valence-electron chi connectivity index (χ3n) is 2.25. The van der Waals surface area contributed by atoms with Crippen LogP contribution in [0, 0.1) is 0 Å². The molecule has 0 aliphatic rings. The number of hydrogen-bond donors (Lipinski definition) is 1. The van der Waals surface area contributed by atoms with Crippen molar-refractivity contribution >= 4 is 37.6 Å². The summed E-state index contributed by atoms with van der Waals surface area (Å²) in [5.41, 5.74) is -0.484. The van der Waals surface area contributed by atoms with Crippen molar-refractivity contribution in [1.29, 1.82) is 0 Å². The molecule has 0 aromatic heterocycles. The summed E-state index contributed by atoms with van der Waals surface area (Å²) in [4.78, 5) is 0.226. The van der Waals surface area contributed by atoms with Gasteiger partial charge >= 0.3 is 0 Å². The molecule has 0 heterocycles. The van der Waals surface area contributed by atoms with E-state index in [1.54, 1.807) is 12.1 Å². The van der Waals surface area contributed by atoms with E-state index < -0.39 is 15.6 Å². The van der Waals surface area contributed by atoms with Gasteiger partial charge in [-0.15, -0.1) is 0 Å². The third-order valence-corrected chi connectivity index (χ3v) is 4.62. The van der Waals surface area contributed by atoms with Gasteiger partial charge in [0.1, 0.15) is 0 Å². The Morgan fingerprint density at radius 3 is 2.29 bits per heavy atom. The van der Waals surface area contributed by atoms with Crippen LogP contribution in [0.15, 0.2) is 29.2 Å². The van der Waals surface area contributed by atoms with E-state index in [2.05, 4.69) is 20.7 Å². The average Bonchev–Trinajstić information content (AvgIpc) is 2.16. The normalized spacial score (nSPS) is 12.7. The van der Waals surface area contributed by atoms with E-state index in [4.69, 9.17) is 11.6 Å². The van der Waals surface area contributed by atoms with Crippen molar-refractivity contribution in [2.45, 2.75) is 30.7 Å². The summed E-state index contributed by atoms with van der Waals surface area (Å²) in [6.45, 7) is 3.70. The zero-order chi connectivity index (χ0) is 13.1. The fourth-order valence-electron chi connectivity index (χ4n) is 1.32. The Bertz CT molecular complexity index is 471. The summed E-state index contributed by atoms with van der Waals surface area (Å²) >= 11 is 9.03.